The maximum Gasteiger partial charge on any atom is 0.270 e. The predicted octanol–water partition coefficient (Wildman–Crippen LogP) is 0.860. The maximum atomic E-state index is 12.6. The molecule has 0 aromatic heterocycles. The van der Waals surface area contributed by atoms with E-state index in [0.29, 0.717) is 12.8 Å². The molecule has 0 aliphatic rings. The molecule has 8 nitrogen and oxygen atoms in total. The fourth-order valence-electron chi connectivity index (χ4n) is 2.19. The molecule has 144 valence electrons. The van der Waals surface area contributed by atoms with Gasteiger partial charge in [-0.3, -0.25) is 14.4 Å². The van der Waals surface area contributed by atoms with Crippen LogP contribution >= 0.6 is 0 Å². The molecule has 0 fully saturated rings. The zero-order chi connectivity index (χ0) is 19.8. The molecule has 0 aliphatic heterocycles. The lowest BCUT2D eigenvalue weighted by atomic mass is 9.97. The van der Waals surface area contributed by atoms with Crippen LogP contribution in [-0.2, 0) is 23.9 Å². The molecule has 0 aromatic carbocycles. The van der Waals surface area contributed by atoms with Gasteiger partial charge in [-0.15, -0.1) is 0 Å². The van der Waals surface area contributed by atoms with Crippen LogP contribution in [0.1, 0.15) is 40.0 Å². The van der Waals surface area contributed by atoms with E-state index in [0.717, 1.165) is 0 Å². The molecule has 0 spiro atoms. The first-order chi connectivity index (χ1) is 11.5. The van der Waals surface area contributed by atoms with Gasteiger partial charge in [-0.25, -0.2) is 0 Å². The molecule has 0 saturated heterocycles. The van der Waals surface area contributed by atoms with Gasteiger partial charge in [-0.05, 0) is 20.3 Å². The number of likely N-dealkylation sites (N-methyl/N-ethyl adjacent to an activating group) is 2. The first-order valence-corrected chi connectivity index (χ1v) is 8.13. The molecule has 25 heavy (non-hydrogen) atoms. The molecule has 0 bridgehead atoms. The Bertz CT molecular complexity index is 505. The number of hydrogen-bond acceptors (Lipinski definition) is 5. The van der Waals surface area contributed by atoms with Gasteiger partial charge in [-0.2, -0.15) is 0 Å². The van der Waals surface area contributed by atoms with E-state index < -0.39 is 23.5 Å². The Hall–Kier alpha value is -1.93. The Morgan fingerprint density at radius 2 is 1.80 bits per heavy atom. The summed E-state index contributed by atoms with van der Waals surface area (Å²) >= 11 is 0. The number of ether oxygens (including phenoxy) is 2. The summed E-state index contributed by atoms with van der Waals surface area (Å²) in [6, 6.07) is -0.911. The Labute approximate surface area is 149 Å². The van der Waals surface area contributed by atoms with E-state index in [1.54, 1.807) is 13.8 Å². The lowest BCUT2D eigenvalue weighted by Gasteiger charge is -2.34. The highest BCUT2D eigenvalue weighted by molar-refractivity contribution is 5.98. The fraction of sp³-hybridized carbons (Fsp3) is 0.706. The first kappa shape index (κ1) is 23.1. The third-order valence-corrected chi connectivity index (χ3v) is 3.86. The largest absolute Gasteiger partial charge is 0.368 e. The van der Waals surface area contributed by atoms with E-state index in [-0.39, 0.29) is 24.8 Å². The SMILES string of the molecule is C=C(C(=O)N(C)[C@@H](CC(C)(C)OCOC)C(N)=O)N(C)C(=O)CCC. The number of nitrogens with zero attached hydrogens (tertiary/aromatic N) is 2. The Kier molecular flexibility index (Phi) is 9.37. The Morgan fingerprint density at radius 3 is 2.24 bits per heavy atom. The maximum absolute atomic E-state index is 12.6. The number of hydrogen-bond donors (Lipinski definition) is 1. The summed E-state index contributed by atoms with van der Waals surface area (Å²) in [7, 11) is 4.43. The van der Waals surface area contributed by atoms with Gasteiger partial charge in [-0.1, -0.05) is 13.5 Å². The Balaban J connectivity index is 5.17. The molecule has 0 aromatic rings. The third kappa shape index (κ3) is 7.23. The number of carbonyl (C=O) groups excluding carboxylic acids is 3. The van der Waals surface area contributed by atoms with Crippen LogP contribution in [0.4, 0.5) is 0 Å². The van der Waals surface area contributed by atoms with Crippen molar-refractivity contribution in [2.45, 2.75) is 51.7 Å². The normalized spacial score (nSPS) is 12.4. The summed E-state index contributed by atoms with van der Waals surface area (Å²) in [4.78, 5) is 38.8. The van der Waals surface area contributed by atoms with Crippen molar-refractivity contribution in [3.63, 3.8) is 0 Å². The first-order valence-electron chi connectivity index (χ1n) is 8.13. The molecule has 0 radical (unpaired) electrons. The molecular weight excluding hydrogens is 326 g/mol. The zero-order valence-corrected chi connectivity index (χ0v) is 16.1. The fourth-order valence-corrected chi connectivity index (χ4v) is 2.19. The average molecular weight is 357 g/mol. The highest BCUT2D eigenvalue weighted by Gasteiger charge is 2.34. The second-order valence-electron chi connectivity index (χ2n) is 6.50. The monoisotopic (exact) mass is 357 g/mol. The second-order valence-corrected chi connectivity index (χ2v) is 6.50. The van der Waals surface area contributed by atoms with Crippen LogP contribution in [0.5, 0.6) is 0 Å². The highest BCUT2D eigenvalue weighted by Crippen LogP contribution is 2.21. The van der Waals surface area contributed by atoms with Gasteiger partial charge in [0.2, 0.25) is 11.8 Å². The van der Waals surface area contributed by atoms with Crippen LogP contribution in [0.25, 0.3) is 0 Å². The van der Waals surface area contributed by atoms with Crippen LogP contribution in [0.15, 0.2) is 12.3 Å². The molecule has 8 heteroatoms. The minimum Gasteiger partial charge on any atom is -0.368 e. The standard InChI is InChI=1S/C17H31N3O5/c1-8-9-14(21)19(5)12(2)16(23)20(6)13(15(18)22)10-17(3,4)25-11-24-7/h13H,2,8-11H2,1,3-7H3,(H2,18,22)/t13-/m0/s1. The van der Waals surface area contributed by atoms with Crippen molar-refractivity contribution in [2.75, 3.05) is 28.0 Å². The van der Waals surface area contributed by atoms with Gasteiger partial charge in [0.25, 0.3) is 5.91 Å². The van der Waals surface area contributed by atoms with Gasteiger partial charge < -0.3 is 25.0 Å². The van der Waals surface area contributed by atoms with Crippen molar-refractivity contribution < 1.29 is 23.9 Å². The molecule has 0 saturated carbocycles. The van der Waals surface area contributed by atoms with Gasteiger partial charge >= 0.3 is 0 Å². The molecule has 0 rings (SSSR count). The van der Waals surface area contributed by atoms with Crippen LogP contribution in [0, 0.1) is 0 Å². The third-order valence-electron chi connectivity index (χ3n) is 3.86. The minimum absolute atomic E-state index is 0.0113. The smallest absolute Gasteiger partial charge is 0.270 e. The van der Waals surface area contributed by atoms with E-state index in [9.17, 15) is 14.4 Å². The van der Waals surface area contributed by atoms with Crippen LogP contribution in [0.3, 0.4) is 0 Å². The molecule has 2 N–H and O–H groups in total. The quantitative estimate of drug-likeness (QED) is 0.436. The number of methoxy groups -OCH3 is 1. The van der Waals surface area contributed by atoms with Crippen molar-refractivity contribution in [1.82, 2.24) is 9.80 Å². The zero-order valence-electron chi connectivity index (χ0n) is 16.1. The average Bonchev–Trinajstić information content (AvgIpc) is 2.55. The number of amides is 3. The lowest BCUT2D eigenvalue weighted by molar-refractivity contribution is -0.146. The predicted molar refractivity (Wildman–Crippen MR) is 94.2 cm³/mol. The van der Waals surface area contributed by atoms with Crippen molar-refractivity contribution >= 4 is 17.7 Å². The van der Waals surface area contributed by atoms with Gasteiger partial charge in [0.05, 0.1) is 5.60 Å². The topological polar surface area (TPSA) is 102 Å². The van der Waals surface area contributed by atoms with Crippen molar-refractivity contribution in [3.8, 4) is 0 Å². The minimum atomic E-state index is -0.911. The van der Waals surface area contributed by atoms with E-state index >= 15 is 0 Å². The highest BCUT2D eigenvalue weighted by atomic mass is 16.7. The number of carbonyl (C=O) groups is 3. The second kappa shape index (κ2) is 10.1. The number of primary amides is 1. The van der Waals surface area contributed by atoms with Gasteiger partial charge in [0.1, 0.15) is 18.5 Å². The molecular formula is C17H31N3O5. The molecule has 1 atom stereocenters. The van der Waals surface area contributed by atoms with E-state index in [1.807, 2.05) is 6.92 Å². The van der Waals surface area contributed by atoms with E-state index in [2.05, 4.69) is 6.58 Å². The Morgan fingerprint density at radius 1 is 1.24 bits per heavy atom. The summed E-state index contributed by atoms with van der Waals surface area (Å²) in [6.07, 6.45) is 1.15. The van der Waals surface area contributed by atoms with E-state index in [1.165, 1.54) is 31.0 Å². The van der Waals surface area contributed by atoms with Crippen molar-refractivity contribution in [1.29, 1.82) is 0 Å². The molecule has 0 aliphatic carbocycles. The number of rotatable bonds is 11. The van der Waals surface area contributed by atoms with Crippen LogP contribution in [0.2, 0.25) is 0 Å². The van der Waals surface area contributed by atoms with Crippen molar-refractivity contribution in [3.05, 3.63) is 12.3 Å². The van der Waals surface area contributed by atoms with Crippen molar-refractivity contribution in [2.24, 2.45) is 5.73 Å². The molecule has 0 heterocycles. The summed E-state index contributed by atoms with van der Waals surface area (Å²) in [5.41, 5.74) is 4.71. The van der Waals surface area contributed by atoms with Gasteiger partial charge in [0.15, 0.2) is 0 Å². The summed E-state index contributed by atoms with van der Waals surface area (Å²) in [5, 5.41) is 0. The molecule has 3 amide bonds. The summed E-state index contributed by atoms with van der Waals surface area (Å²) in [5.74, 6) is -1.42. The lowest BCUT2D eigenvalue weighted by Crippen LogP contribution is -2.51. The summed E-state index contributed by atoms with van der Waals surface area (Å²) < 4.78 is 10.4. The van der Waals surface area contributed by atoms with Crippen LogP contribution in [-0.4, -0.2) is 67.2 Å². The van der Waals surface area contributed by atoms with Crippen LogP contribution < -0.4 is 5.73 Å². The number of nitrogens with two attached hydrogens (primary N) is 1. The van der Waals surface area contributed by atoms with Gasteiger partial charge in [0, 0.05) is 34.0 Å². The van der Waals surface area contributed by atoms with E-state index in [4.69, 9.17) is 15.2 Å². The molecule has 0 unspecified atom stereocenters. The summed E-state index contributed by atoms with van der Waals surface area (Å²) in [6.45, 7) is 9.14.